The van der Waals surface area contributed by atoms with Crippen molar-refractivity contribution in [3.05, 3.63) is 34.9 Å². The predicted molar refractivity (Wildman–Crippen MR) is 64.1 cm³/mol. The molecular weight excluding hydrogens is 198 g/mol. The second kappa shape index (κ2) is 4.02. The molecule has 1 aliphatic carbocycles. The highest BCUT2D eigenvalue weighted by Crippen LogP contribution is 2.38. The van der Waals surface area contributed by atoms with Gasteiger partial charge in [0.25, 0.3) is 0 Å². The van der Waals surface area contributed by atoms with Crippen LogP contribution in [0.15, 0.2) is 23.8 Å². The minimum atomic E-state index is -0.0478. The summed E-state index contributed by atoms with van der Waals surface area (Å²) >= 11 is 0. The number of fused-ring (bicyclic) bond motifs is 1. The van der Waals surface area contributed by atoms with Gasteiger partial charge in [0.15, 0.2) is 0 Å². The number of allylic oxidation sites excluding steroid dienone is 2. The summed E-state index contributed by atoms with van der Waals surface area (Å²) in [5.74, 6) is 0.810. The monoisotopic (exact) mass is 213 g/mol. The molecule has 0 heterocycles. The standard InChI is InChI=1S/C14H15NO/c1-9-6-11-4-5-12(16-3)7-13(11)14(9)10(2)8-15/h4-5,7,10H,6H2,1-3H3. The van der Waals surface area contributed by atoms with Gasteiger partial charge in [0.2, 0.25) is 0 Å². The van der Waals surface area contributed by atoms with Gasteiger partial charge in [-0.2, -0.15) is 5.26 Å². The van der Waals surface area contributed by atoms with Gasteiger partial charge in [-0.05, 0) is 49.1 Å². The fraction of sp³-hybridized carbons (Fsp3) is 0.357. The molecule has 0 N–H and O–H groups in total. The van der Waals surface area contributed by atoms with E-state index in [0.717, 1.165) is 12.2 Å². The molecule has 1 aromatic rings. The molecule has 0 saturated heterocycles. The molecule has 1 aliphatic rings. The van der Waals surface area contributed by atoms with Gasteiger partial charge < -0.3 is 4.74 Å². The van der Waals surface area contributed by atoms with Crippen LogP contribution >= 0.6 is 0 Å². The first-order valence-electron chi connectivity index (χ1n) is 5.44. The number of ether oxygens (including phenoxy) is 1. The van der Waals surface area contributed by atoms with Crippen molar-refractivity contribution in [1.29, 1.82) is 5.26 Å². The first kappa shape index (κ1) is 10.8. The minimum absolute atomic E-state index is 0.0478. The van der Waals surface area contributed by atoms with Crippen LogP contribution in [-0.4, -0.2) is 7.11 Å². The van der Waals surface area contributed by atoms with E-state index in [0.29, 0.717) is 0 Å². The summed E-state index contributed by atoms with van der Waals surface area (Å²) in [4.78, 5) is 0. The van der Waals surface area contributed by atoms with Crippen LogP contribution < -0.4 is 4.74 Å². The Balaban J connectivity index is 2.52. The van der Waals surface area contributed by atoms with Crippen molar-refractivity contribution in [3.8, 4) is 11.8 Å². The highest BCUT2D eigenvalue weighted by atomic mass is 16.5. The smallest absolute Gasteiger partial charge is 0.119 e. The van der Waals surface area contributed by atoms with Crippen LogP contribution in [0.25, 0.3) is 5.57 Å². The topological polar surface area (TPSA) is 33.0 Å². The third-order valence-corrected chi connectivity index (χ3v) is 3.15. The Hall–Kier alpha value is -1.75. The average Bonchev–Trinajstić information content (AvgIpc) is 2.63. The summed E-state index contributed by atoms with van der Waals surface area (Å²) in [5.41, 5.74) is 4.97. The fourth-order valence-corrected chi connectivity index (χ4v) is 2.37. The van der Waals surface area contributed by atoms with Gasteiger partial charge in [-0.1, -0.05) is 11.6 Å². The van der Waals surface area contributed by atoms with E-state index in [1.807, 2.05) is 19.1 Å². The molecular formula is C14H15NO. The average molecular weight is 213 g/mol. The molecule has 2 nitrogen and oxygen atoms in total. The summed E-state index contributed by atoms with van der Waals surface area (Å²) in [6, 6.07) is 8.42. The molecule has 82 valence electrons. The number of hydrogen-bond acceptors (Lipinski definition) is 2. The number of rotatable bonds is 2. The zero-order valence-electron chi connectivity index (χ0n) is 9.87. The first-order chi connectivity index (χ1) is 7.67. The van der Waals surface area contributed by atoms with E-state index in [2.05, 4.69) is 19.1 Å². The van der Waals surface area contributed by atoms with Gasteiger partial charge in [-0.15, -0.1) is 0 Å². The number of nitrogens with zero attached hydrogens (tertiary/aromatic N) is 1. The summed E-state index contributed by atoms with van der Waals surface area (Å²) in [7, 11) is 1.67. The van der Waals surface area contributed by atoms with Crippen molar-refractivity contribution >= 4 is 5.57 Å². The quantitative estimate of drug-likeness (QED) is 0.755. The molecule has 1 aromatic carbocycles. The van der Waals surface area contributed by atoms with Gasteiger partial charge in [-0.3, -0.25) is 0 Å². The summed E-state index contributed by atoms with van der Waals surface area (Å²) in [6.07, 6.45) is 0.959. The van der Waals surface area contributed by atoms with E-state index in [9.17, 15) is 0 Å². The van der Waals surface area contributed by atoms with Gasteiger partial charge in [-0.25, -0.2) is 0 Å². The number of methoxy groups -OCH3 is 1. The van der Waals surface area contributed by atoms with E-state index in [1.165, 1.54) is 22.3 Å². The van der Waals surface area contributed by atoms with Gasteiger partial charge in [0.05, 0.1) is 19.1 Å². The van der Waals surface area contributed by atoms with Gasteiger partial charge >= 0.3 is 0 Å². The van der Waals surface area contributed by atoms with Crippen LogP contribution in [-0.2, 0) is 6.42 Å². The van der Waals surface area contributed by atoms with E-state index < -0.39 is 0 Å². The summed E-state index contributed by atoms with van der Waals surface area (Å²) < 4.78 is 5.23. The molecule has 0 amide bonds. The van der Waals surface area contributed by atoms with Crippen LogP contribution in [0.1, 0.15) is 25.0 Å². The van der Waals surface area contributed by atoms with E-state index in [1.54, 1.807) is 7.11 Å². The van der Waals surface area contributed by atoms with Crippen molar-refractivity contribution in [2.24, 2.45) is 5.92 Å². The largest absolute Gasteiger partial charge is 0.497 e. The van der Waals surface area contributed by atoms with Gasteiger partial charge in [0, 0.05) is 0 Å². The Bertz CT molecular complexity index is 494. The lowest BCUT2D eigenvalue weighted by atomic mass is 9.95. The van der Waals surface area contributed by atoms with Crippen LogP contribution in [0.4, 0.5) is 0 Å². The second-order valence-electron chi connectivity index (χ2n) is 4.24. The Kier molecular flexibility index (Phi) is 2.70. The Labute approximate surface area is 96.2 Å². The Morgan fingerprint density at radius 1 is 1.44 bits per heavy atom. The van der Waals surface area contributed by atoms with E-state index in [-0.39, 0.29) is 5.92 Å². The number of nitriles is 1. The summed E-state index contributed by atoms with van der Waals surface area (Å²) in [6.45, 7) is 4.06. The highest BCUT2D eigenvalue weighted by molar-refractivity contribution is 5.79. The number of benzene rings is 1. The first-order valence-corrected chi connectivity index (χ1v) is 5.44. The lowest BCUT2D eigenvalue weighted by molar-refractivity contribution is 0.414. The molecule has 0 bridgehead atoms. The van der Waals surface area contributed by atoms with E-state index in [4.69, 9.17) is 10.00 Å². The molecule has 0 saturated carbocycles. The van der Waals surface area contributed by atoms with Crippen LogP contribution in [0.3, 0.4) is 0 Å². The molecule has 0 aromatic heterocycles. The van der Waals surface area contributed by atoms with Crippen molar-refractivity contribution in [2.75, 3.05) is 7.11 Å². The maximum Gasteiger partial charge on any atom is 0.119 e. The zero-order chi connectivity index (χ0) is 11.7. The van der Waals surface area contributed by atoms with Crippen LogP contribution in [0, 0.1) is 17.2 Å². The molecule has 2 heteroatoms. The molecule has 0 aliphatic heterocycles. The Morgan fingerprint density at radius 3 is 2.81 bits per heavy atom. The lowest BCUT2D eigenvalue weighted by Gasteiger charge is -2.10. The van der Waals surface area contributed by atoms with Gasteiger partial charge in [0.1, 0.15) is 5.75 Å². The molecule has 0 spiro atoms. The maximum atomic E-state index is 9.05. The SMILES string of the molecule is COc1ccc2c(c1)C(C(C)C#N)=C(C)C2. The lowest BCUT2D eigenvalue weighted by Crippen LogP contribution is -1.96. The molecule has 1 unspecified atom stereocenters. The third kappa shape index (κ3) is 1.59. The zero-order valence-corrected chi connectivity index (χ0v) is 9.87. The molecule has 1 atom stereocenters. The molecule has 16 heavy (non-hydrogen) atoms. The van der Waals surface area contributed by atoms with Crippen molar-refractivity contribution in [1.82, 2.24) is 0 Å². The molecule has 2 rings (SSSR count). The highest BCUT2D eigenvalue weighted by Gasteiger charge is 2.23. The van der Waals surface area contributed by atoms with E-state index >= 15 is 0 Å². The molecule has 0 radical (unpaired) electrons. The second-order valence-corrected chi connectivity index (χ2v) is 4.24. The molecule has 0 fully saturated rings. The maximum absolute atomic E-state index is 9.05. The normalized spacial score (nSPS) is 15.6. The van der Waals surface area contributed by atoms with Crippen molar-refractivity contribution < 1.29 is 4.74 Å². The fourth-order valence-electron chi connectivity index (χ4n) is 2.37. The van der Waals surface area contributed by atoms with Crippen LogP contribution in [0.5, 0.6) is 5.75 Å². The third-order valence-electron chi connectivity index (χ3n) is 3.15. The van der Waals surface area contributed by atoms with Crippen LogP contribution in [0.2, 0.25) is 0 Å². The van der Waals surface area contributed by atoms with Crippen molar-refractivity contribution in [2.45, 2.75) is 20.3 Å². The van der Waals surface area contributed by atoms with Crippen molar-refractivity contribution in [3.63, 3.8) is 0 Å². The predicted octanol–water partition coefficient (Wildman–Crippen LogP) is 3.18. The minimum Gasteiger partial charge on any atom is -0.497 e. The Morgan fingerprint density at radius 2 is 2.19 bits per heavy atom. The number of hydrogen-bond donors (Lipinski definition) is 0. The summed E-state index contributed by atoms with van der Waals surface area (Å²) in [5, 5.41) is 9.05.